The van der Waals surface area contributed by atoms with E-state index in [1.807, 2.05) is 0 Å². The minimum absolute atomic E-state index is 0.00661. The molecule has 0 unspecified atom stereocenters. The van der Waals surface area contributed by atoms with Crippen LogP contribution in [0.15, 0.2) is 35.0 Å². The van der Waals surface area contributed by atoms with Crippen molar-refractivity contribution in [2.45, 2.75) is 75.4 Å². The minimum Gasteiger partial charge on any atom is -0.477 e. The van der Waals surface area contributed by atoms with E-state index >= 15 is 0 Å². The third-order valence-electron chi connectivity index (χ3n) is 7.33. The number of halogens is 3. The fourth-order valence-electron chi connectivity index (χ4n) is 5.54. The molecule has 0 radical (unpaired) electrons. The normalized spacial score (nSPS) is 23.9. The van der Waals surface area contributed by atoms with Crippen molar-refractivity contribution in [1.29, 1.82) is 0 Å². The molecule has 2 saturated heterocycles. The van der Waals surface area contributed by atoms with Crippen molar-refractivity contribution in [3.8, 4) is 11.3 Å². The van der Waals surface area contributed by atoms with Crippen LogP contribution in [0.2, 0.25) is 0 Å². The second kappa shape index (κ2) is 8.88. The number of piperidine rings is 1. The molecule has 1 aliphatic carbocycles. The van der Waals surface area contributed by atoms with E-state index in [4.69, 9.17) is 9.26 Å². The summed E-state index contributed by atoms with van der Waals surface area (Å²) in [6, 6.07) is 5.82. The average molecular weight is 520 g/mol. The van der Waals surface area contributed by atoms with E-state index in [2.05, 4.69) is 15.0 Å². The number of fused-ring (bicyclic) bond motifs is 2. The number of aromatic nitrogens is 2. The van der Waals surface area contributed by atoms with Crippen LogP contribution < -0.4 is 4.90 Å². The predicted molar refractivity (Wildman–Crippen MR) is 125 cm³/mol. The molecule has 1 N–H and O–H groups in total. The van der Waals surface area contributed by atoms with Crippen LogP contribution >= 0.6 is 11.3 Å². The van der Waals surface area contributed by atoms with Gasteiger partial charge in [-0.25, -0.2) is 9.78 Å². The molecular formula is C25H24F3N3O4S. The number of rotatable bonds is 7. The molecule has 190 valence electrons. The van der Waals surface area contributed by atoms with Crippen LogP contribution in [0.1, 0.15) is 71.0 Å². The summed E-state index contributed by atoms with van der Waals surface area (Å²) in [6.07, 6.45) is 2.12. The first-order valence-corrected chi connectivity index (χ1v) is 12.9. The zero-order valence-electron chi connectivity index (χ0n) is 19.2. The molecule has 2 aromatic heterocycles. The number of hydrogen-bond donors (Lipinski definition) is 1. The lowest BCUT2D eigenvalue weighted by Crippen LogP contribution is -2.45. The van der Waals surface area contributed by atoms with E-state index < -0.39 is 17.7 Å². The van der Waals surface area contributed by atoms with Crippen LogP contribution in [0.5, 0.6) is 0 Å². The van der Waals surface area contributed by atoms with Gasteiger partial charge in [0.25, 0.3) is 0 Å². The topological polar surface area (TPSA) is 88.7 Å². The summed E-state index contributed by atoms with van der Waals surface area (Å²) in [5, 5.41) is 14.0. The average Bonchev–Trinajstić information content (AvgIpc) is 3.30. The van der Waals surface area contributed by atoms with Gasteiger partial charge in [-0.1, -0.05) is 34.7 Å². The van der Waals surface area contributed by atoms with Crippen LogP contribution in [0.3, 0.4) is 0 Å². The van der Waals surface area contributed by atoms with Gasteiger partial charge in [-0.15, -0.1) is 0 Å². The Morgan fingerprint density at radius 3 is 2.53 bits per heavy atom. The molecule has 4 heterocycles. The highest BCUT2D eigenvalue weighted by molar-refractivity contribution is 7.17. The van der Waals surface area contributed by atoms with Gasteiger partial charge in [0.05, 0.1) is 24.5 Å². The van der Waals surface area contributed by atoms with E-state index in [-0.39, 0.29) is 46.8 Å². The van der Waals surface area contributed by atoms with Crippen LogP contribution in [0.25, 0.3) is 11.3 Å². The second-order valence-corrected chi connectivity index (χ2v) is 10.7. The molecular weight excluding hydrogens is 495 g/mol. The third kappa shape index (κ3) is 4.28. The summed E-state index contributed by atoms with van der Waals surface area (Å²) < 4.78 is 53.0. The molecule has 1 aromatic carbocycles. The highest BCUT2D eigenvalue weighted by Crippen LogP contribution is 2.47. The maximum Gasteiger partial charge on any atom is 0.417 e. The van der Waals surface area contributed by atoms with Crippen LogP contribution in [0, 0.1) is 0 Å². The number of carboxylic acid groups (broad SMARTS) is 1. The Kier molecular flexibility index (Phi) is 5.79. The Morgan fingerprint density at radius 2 is 1.89 bits per heavy atom. The standard InChI is InChI=1S/C25H24F3N3O4S/c26-25(27,28)19-4-2-1-3-17(19)21-18(22(35-30-21)13-5-6-13)12-34-16-9-14-7-8-15(10-16)31(14)24-29-11-20(36-24)23(32)33/h1-4,11,13-16H,5-10,12H2,(H,32,33)/t14-,15-/m1/s1. The van der Waals surface area contributed by atoms with Crippen molar-refractivity contribution in [3.63, 3.8) is 0 Å². The molecule has 3 aromatic rings. The summed E-state index contributed by atoms with van der Waals surface area (Å²) in [6.45, 7) is 0.140. The molecule has 1 saturated carbocycles. The zero-order valence-corrected chi connectivity index (χ0v) is 20.0. The maximum absolute atomic E-state index is 13.7. The van der Waals surface area contributed by atoms with Gasteiger partial charge in [0.2, 0.25) is 0 Å². The Morgan fingerprint density at radius 1 is 1.17 bits per heavy atom. The SMILES string of the molecule is O=C(O)c1cnc(N2[C@@H]3CC[C@@H]2CC(OCc2c(-c4ccccc4C(F)(F)F)noc2C2CC2)C3)s1. The maximum atomic E-state index is 13.7. The number of aromatic carboxylic acids is 1. The Bertz CT molecular complexity index is 1270. The van der Waals surface area contributed by atoms with Crippen molar-refractivity contribution in [2.24, 2.45) is 0 Å². The molecule has 36 heavy (non-hydrogen) atoms. The molecule has 2 bridgehead atoms. The number of alkyl halides is 3. The van der Waals surface area contributed by atoms with Gasteiger partial charge in [-0.05, 0) is 44.6 Å². The Hall–Kier alpha value is -2.92. The third-order valence-corrected chi connectivity index (χ3v) is 8.33. The number of thiazole rings is 1. The number of benzene rings is 1. The summed E-state index contributed by atoms with van der Waals surface area (Å²) in [7, 11) is 0. The molecule has 7 nitrogen and oxygen atoms in total. The summed E-state index contributed by atoms with van der Waals surface area (Å²) >= 11 is 1.18. The summed E-state index contributed by atoms with van der Waals surface area (Å²) in [5.74, 6) is -0.173. The molecule has 0 amide bonds. The predicted octanol–water partition coefficient (Wildman–Crippen LogP) is 6.11. The first-order chi connectivity index (χ1) is 17.3. The quantitative estimate of drug-likeness (QED) is 0.403. The zero-order chi connectivity index (χ0) is 25.0. The van der Waals surface area contributed by atoms with Crippen molar-refractivity contribution in [2.75, 3.05) is 4.90 Å². The second-order valence-electron chi connectivity index (χ2n) is 9.70. The highest BCUT2D eigenvalue weighted by atomic mass is 32.1. The van der Waals surface area contributed by atoms with Gasteiger partial charge < -0.3 is 19.3 Å². The lowest BCUT2D eigenvalue weighted by atomic mass is 9.98. The highest BCUT2D eigenvalue weighted by Gasteiger charge is 2.43. The Labute approximate surface area is 208 Å². The first kappa shape index (κ1) is 23.5. The number of carbonyl (C=O) groups is 1. The van der Waals surface area contributed by atoms with E-state index in [1.54, 1.807) is 6.07 Å². The molecule has 3 fully saturated rings. The molecule has 11 heteroatoms. The molecule has 0 spiro atoms. The van der Waals surface area contributed by atoms with Crippen molar-refractivity contribution in [1.82, 2.24) is 10.1 Å². The van der Waals surface area contributed by atoms with E-state index in [9.17, 15) is 23.1 Å². The van der Waals surface area contributed by atoms with E-state index in [1.165, 1.54) is 29.7 Å². The van der Waals surface area contributed by atoms with Gasteiger partial charge in [0.15, 0.2) is 5.13 Å². The number of ether oxygens (including phenoxy) is 1. The van der Waals surface area contributed by atoms with Crippen molar-refractivity contribution < 1.29 is 32.3 Å². The van der Waals surface area contributed by atoms with Gasteiger partial charge in [0.1, 0.15) is 16.3 Å². The summed E-state index contributed by atoms with van der Waals surface area (Å²) in [5.41, 5.74) is 0.0776. The van der Waals surface area contributed by atoms with E-state index in [0.29, 0.717) is 11.3 Å². The first-order valence-electron chi connectivity index (χ1n) is 12.0. The van der Waals surface area contributed by atoms with Gasteiger partial charge in [-0.3, -0.25) is 0 Å². The van der Waals surface area contributed by atoms with Crippen LogP contribution in [0.4, 0.5) is 18.3 Å². The van der Waals surface area contributed by atoms with Gasteiger partial charge in [-0.2, -0.15) is 13.2 Å². The number of carboxylic acids is 1. The van der Waals surface area contributed by atoms with Gasteiger partial charge in [0, 0.05) is 29.1 Å². The molecule has 2 atom stereocenters. The fourth-order valence-corrected chi connectivity index (χ4v) is 6.43. The lowest BCUT2D eigenvalue weighted by molar-refractivity contribution is -0.137. The molecule has 6 rings (SSSR count). The number of anilines is 1. The minimum atomic E-state index is -4.50. The monoisotopic (exact) mass is 519 g/mol. The van der Waals surface area contributed by atoms with E-state index in [0.717, 1.165) is 49.7 Å². The number of nitrogens with zero attached hydrogens (tertiary/aromatic N) is 3. The largest absolute Gasteiger partial charge is 0.477 e. The smallest absolute Gasteiger partial charge is 0.417 e. The molecule has 3 aliphatic rings. The van der Waals surface area contributed by atoms with Crippen molar-refractivity contribution >= 4 is 22.4 Å². The van der Waals surface area contributed by atoms with Crippen molar-refractivity contribution in [3.05, 3.63) is 52.2 Å². The number of hydrogen-bond acceptors (Lipinski definition) is 7. The van der Waals surface area contributed by atoms with Crippen LogP contribution in [-0.4, -0.2) is 39.4 Å². The lowest BCUT2D eigenvalue weighted by Gasteiger charge is -2.38. The van der Waals surface area contributed by atoms with Gasteiger partial charge >= 0.3 is 12.1 Å². The molecule has 2 aliphatic heterocycles. The summed E-state index contributed by atoms with van der Waals surface area (Å²) in [4.78, 5) is 18.0. The van der Waals surface area contributed by atoms with Crippen LogP contribution in [-0.2, 0) is 17.5 Å². The Balaban J connectivity index is 1.21. The fraction of sp³-hybridized carbons (Fsp3) is 0.480.